The topological polar surface area (TPSA) is 17.1 Å². The van der Waals surface area contributed by atoms with Gasteiger partial charge < -0.3 is 0 Å². The molecule has 0 spiro atoms. The third-order valence-electron chi connectivity index (χ3n) is 2.18. The highest BCUT2D eigenvalue weighted by Gasteiger charge is 2.37. The first kappa shape index (κ1) is 15.3. The molecule has 1 nitrogen and oxygen atoms in total. The normalized spacial score (nSPS) is 13.0. The average Bonchev–Trinajstić information content (AvgIpc) is 2.23. The second kappa shape index (κ2) is 5.07. The predicted molar refractivity (Wildman–Crippen MR) is 56.2 cm³/mol. The molecule has 1 aromatic carbocycles. The predicted octanol–water partition coefficient (Wildman–Crippen LogP) is 4.33. The molecule has 1 aromatic rings. The van der Waals surface area contributed by atoms with Crippen LogP contribution in [0, 0.1) is 0 Å². The first-order valence-corrected chi connectivity index (χ1v) is 4.99. The average molecular weight is 282 g/mol. The summed E-state index contributed by atoms with van der Waals surface area (Å²) in [6, 6.07) is 1.25. The molecule has 1 rings (SSSR count). The standard InChI is InChI=1S/C12H8F6O/c1-7(19)2-3-8-4-5-9(11(13,14)15)6-10(8)12(16,17)18/h2-6H,1H3/b3-2-. The Hall–Kier alpha value is -1.79. The number of rotatable bonds is 2. The van der Waals surface area contributed by atoms with Gasteiger partial charge in [0.05, 0.1) is 11.1 Å². The van der Waals surface area contributed by atoms with Crippen molar-refractivity contribution in [2.24, 2.45) is 0 Å². The van der Waals surface area contributed by atoms with Gasteiger partial charge in [-0.3, -0.25) is 4.79 Å². The van der Waals surface area contributed by atoms with Gasteiger partial charge in [0.1, 0.15) is 0 Å². The molecule has 0 bridgehead atoms. The monoisotopic (exact) mass is 282 g/mol. The van der Waals surface area contributed by atoms with Gasteiger partial charge in [-0.05, 0) is 30.7 Å². The van der Waals surface area contributed by atoms with Crippen molar-refractivity contribution in [1.82, 2.24) is 0 Å². The zero-order valence-electron chi connectivity index (χ0n) is 9.56. The Morgan fingerprint density at radius 3 is 2.05 bits per heavy atom. The lowest BCUT2D eigenvalue weighted by Crippen LogP contribution is -2.12. The van der Waals surface area contributed by atoms with E-state index in [1.165, 1.54) is 0 Å². The first-order valence-electron chi connectivity index (χ1n) is 4.99. The van der Waals surface area contributed by atoms with Crippen molar-refractivity contribution in [3.63, 3.8) is 0 Å². The van der Waals surface area contributed by atoms with Gasteiger partial charge in [0.15, 0.2) is 5.78 Å². The van der Waals surface area contributed by atoms with Crippen molar-refractivity contribution < 1.29 is 31.1 Å². The fraction of sp³-hybridized carbons (Fsp3) is 0.250. The fourth-order valence-corrected chi connectivity index (χ4v) is 1.33. The Kier molecular flexibility index (Phi) is 4.07. The molecule has 104 valence electrons. The van der Waals surface area contributed by atoms with Crippen molar-refractivity contribution in [1.29, 1.82) is 0 Å². The van der Waals surface area contributed by atoms with Gasteiger partial charge in [0.25, 0.3) is 0 Å². The van der Waals surface area contributed by atoms with Crippen LogP contribution in [-0.4, -0.2) is 5.78 Å². The third-order valence-corrected chi connectivity index (χ3v) is 2.18. The molecular weight excluding hydrogens is 274 g/mol. The van der Waals surface area contributed by atoms with Gasteiger partial charge in [0, 0.05) is 0 Å². The Balaban J connectivity index is 3.38. The van der Waals surface area contributed by atoms with Crippen molar-refractivity contribution >= 4 is 11.9 Å². The van der Waals surface area contributed by atoms with Crippen LogP contribution in [0.25, 0.3) is 6.08 Å². The smallest absolute Gasteiger partial charge is 0.295 e. The van der Waals surface area contributed by atoms with Crippen molar-refractivity contribution in [3.8, 4) is 0 Å². The lowest BCUT2D eigenvalue weighted by atomic mass is 10.0. The van der Waals surface area contributed by atoms with E-state index in [9.17, 15) is 31.1 Å². The molecule has 0 atom stereocenters. The Labute approximate surface area is 104 Å². The summed E-state index contributed by atoms with van der Waals surface area (Å²) in [7, 11) is 0. The van der Waals surface area contributed by atoms with E-state index >= 15 is 0 Å². The molecule has 0 fully saturated rings. The fourth-order valence-electron chi connectivity index (χ4n) is 1.33. The lowest BCUT2D eigenvalue weighted by Gasteiger charge is -2.14. The van der Waals surface area contributed by atoms with E-state index in [0.29, 0.717) is 12.1 Å². The first-order chi connectivity index (χ1) is 8.51. The quantitative estimate of drug-likeness (QED) is 0.583. The van der Waals surface area contributed by atoms with E-state index in [2.05, 4.69) is 0 Å². The molecule has 0 aromatic heterocycles. The van der Waals surface area contributed by atoms with Gasteiger partial charge in [-0.15, -0.1) is 0 Å². The number of halogens is 6. The number of allylic oxidation sites excluding steroid dienone is 1. The van der Waals surface area contributed by atoms with Crippen molar-refractivity contribution in [2.45, 2.75) is 19.3 Å². The number of ketones is 1. The highest BCUT2D eigenvalue weighted by atomic mass is 19.4. The summed E-state index contributed by atoms with van der Waals surface area (Å²) in [4.78, 5) is 10.7. The van der Waals surface area contributed by atoms with Gasteiger partial charge in [-0.25, -0.2) is 0 Å². The molecule has 0 aliphatic rings. The van der Waals surface area contributed by atoms with Crippen LogP contribution in [-0.2, 0) is 17.1 Å². The van der Waals surface area contributed by atoms with Crippen LogP contribution in [0.5, 0.6) is 0 Å². The molecule has 0 radical (unpaired) electrons. The maximum atomic E-state index is 12.7. The Morgan fingerprint density at radius 2 is 1.63 bits per heavy atom. The van der Waals surface area contributed by atoms with Crippen LogP contribution < -0.4 is 0 Å². The zero-order valence-corrected chi connectivity index (χ0v) is 9.56. The number of alkyl halides is 6. The summed E-state index contributed by atoms with van der Waals surface area (Å²) < 4.78 is 75.1. The van der Waals surface area contributed by atoms with Gasteiger partial charge in [-0.1, -0.05) is 12.1 Å². The highest BCUT2D eigenvalue weighted by molar-refractivity contribution is 5.91. The third kappa shape index (κ3) is 4.11. The molecule has 0 unspecified atom stereocenters. The number of hydrogen-bond donors (Lipinski definition) is 0. The molecule has 0 amide bonds. The van der Waals surface area contributed by atoms with E-state index in [1.807, 2.05) is 0 Å². The number of carbonyl (C=O) groups excluding carboxylic acids is 1. The van der Waals surface area contributed by atoms with Crippen molar-refractivity contribution in [2.75, 3.05) is 0 Å². The highest BCUT2D eigenvalue weighted by Crippen LogP contribution is 2.37. The molecule has 0 saturated heterocycles. The molecule has 0 aliphatic carbocycles. The summed E-state index contributed by atoms with van der Waals surface area (Å²) in [5.74, 6) is -0.506. The SMILES string of the molecule is CC(=O)/C=C\c1ccc(C(F)(F)F)cc1C(F)(F)F. The molecule has 0 aliphatic heterocycles. The van der Waals surface area contributed by atoms with Gasteiger partial charge >= 0.3 is 12.4 Å². The van der Waals surface area contributed by atoms with E-state index in [4.69, 9.17) is 0 Å². The molecule has 7 heteroatoms. The minimum absolute atomic E-state index is 0.0276. The number of benzene rings is 1. The summed E-state index contributed by atoms with van der Waals surface area (Å²) >= 11 is 0. The lowest BCUT2D eigenvalue weighted by molar-refractivity contribution is -0.143. The second-order valence-corrected chi connectivity index (χ2v) is 3.74. The second-order valence-electron chi connectivity index (χ2n) is 3.74. The number of carbonyl (C=O) groups is 1. The maximum Gasteiger partial charge on any atom is 0.417 e. The van der Waals surface area contributed by atoms with Crippen LogP contribution in [0.2, 0.25) is 0 Å². The van der Waals surface area contributed by atoms with Crippen LogP contribution in [0.3, 0.4) is 0 Å². The van der Waals surface area contributed by atoms with E-state index < -0.39 is 34.8 Å². The van der Waals surface area contributed by atoms with Gasteiger partial charge in [-0.2, -0.15) is 26.3 Å². The molecule has 19 heavy (non-hydrogen) atoms. The summed E-state index contributed by atoms with van der Waals surface area (Å²) in [6.07, 6.45) is -8.09. The summed E-state index contributed by atoms with van der Waals surface area (Å²) in [6.45, 7) is 1.12. The molecular formula is C12H8F6O. The largest absolute Gasteiger partial charge is 0.417 e. The van der Waals surface area contributed by atoms with Crippen molar-refractivity contribution in [3.05, 3.63) is 41.0 Å². The Bertz CT molecular complexity index is 510. The van der Waals surface area contributed by atoms with Crippen LogP contribution in [0.15, 0.2) is 24.3 Å². The minimum Gasteiger partial charge on any atom is -0.295 e. The van der Waals surface area contributed by atoms with Crippen LogP contribution >= 0.6 is 0 Å². The van der Waals surface area contributed by atoms with E-state index in [0.717, 1.165) is 19.1 Å². The maximum absolute atomic E-state index is 12.7. The molecule has 0 saturated carbocycles. The zero-order chi connectivity index (χ0) is 14.8. The van der Waals surface area contributed by atoms with Gasteiger partial charge in [0.2, 0.25) is 0 Å². The molecule has 0 N–H and O–H groups in total. The minimum atomic E-state index is -4.93. The van der Waals surface area contributed by atoms with Crippen LogP contribution in [0.1, 0.15) is 23.6 Å². The molecule has 0 heterocycles. The Morgan fingerprint density at radius 1 is 1.05 bits per heavy atom. The van der Waals surface area contributed by atoms with E-state index in [1.54, 1.807) is 0 Å². The van der Waals surface area contributed by atoms with E-state index in [-0.39, 0.29) is 6.07 Å². The van der Waals surface area contributed by atoms with Crippen LogP contribution in [0.4, 0.5) is 26.3 Å². The summed E-state index contributed by atoms with van der Waals surface area (Å²) in [5.41, 5.74) is -3.31. The summed E-state index contributed by atoms with van der Waals surface area (Å²) in [5, 5.41) is 0. The number of hydrogen-bond acceptors (Lipinski definition) is 1.